The Hall–Kier alpha value is -1.87. The number of anilines is 1. The third kappa shape index (κ3) is 1.97. The minimum atomic E-state index is 1.08. The predicted molar refractivity (Wildman–Crippen MR) is 79.4 cm³/mol. The molecule has 2 aromatic carbocycles. The lowest BCUT2D eigenvalue weighted by molar-refractivity contribution is 1.13. The molecular formula is C15H14N2S. The summed E-state index contributed by atoms with van der Waals surface area (Å²) >= 11 is 1.68. The molecule has 2 nitrogen and oxygen atoms in total. The topological polar surface area (TPSA) is 16.1 Å². The number of fused-ring (bicyclic) bond motifs is 1. The number of thiazole rings is 1. The van der Waals surface area contributed by atoms with Gasteiger partial charge in [-0.3, -0.25) is 0 Å². The Morgan fingerprint density at radius 3 is 2.39 bits per heavy atom. The van der Waals surface area contributed by atoms with Crippen LogP contribution in [-0.2, 0) is 0 Å². The molecule has 18 heavy (non-hydrogen) atoms. The fourth-order valence-corrected chi connectivity index (χ4v) is 2.65. The summed E-state index contributed by atoms with van der Waals surface area (Å²) < 4.78 is 1.24. The van der Waals surface area contributed by atoms with Gasteiger partial charge < -0.3 is 4.90 Å². The highest BCUT2D eigenvalue weighted by atomic mass is 32.1. The van der Waals surface area contributed by atoms with Crippen molar-refractivity contribution < 1.29 is 0 Å². The summed E-state index contributed by atoms with van der Waals surface area (Å²) in [6.45, 7) is 0. The molecule has 1 aromatic heterocycles. The van der Waals surface area contributed by atoms with Crippen LogP contribution in [-0.4, -0.2) is 19.1 Å². The van der Waals surface area contributed by atoms with Crippen LogP contribution in [0.15, 0.2) is 48.0 Å². The van der Waals surface area contributed by atoms with Crippen LogP contribution in [0.1, 0.15) is 0 Å². The molecule has 0 amide bonds. The molecule has 0 radical (unpaired) electrons. The summed E-state index contributed by atoms with van der Waals surface area (Å²) in [5.74, 6) is 0. The molecule has 0 saturated carbocycles. The van der Waals surface area contributed by atoms with Gasteiger partial charge in [0.15, 0.2) is 0 Å². The van der Waals surface area contributed by atoms with Crippen molar-refractivity contribution in [2.75, 3.05) is 19.0 Å². The summed E-state index contributed by atoms with van der Waals surface area (Å²) in [7, 11) is 4.10. The van der Waals surface area contributed by atoms with E-state index in [0.29, 0.717) is 0 Å². The molecule has 3 rings (SSSR count). The molecule has 90 valence electrons. The van der Waals surface area contributed by atoms with E-state index in [0.717, 1.165) is 5.52 Å². The molecule has 0 aliphatic carbocycles. The van der Waals surface area contributed by atoms with Gasteiger partial charge in [0.05, 0.1) is 15.7 Å². The second-order valence-electron chi connectivity index (χ2n) is 4.48. The fraction of sp³-hybridized carbons (Fsp3) is 0.133. The average Bonchev–Trinajstić information content (AvgIpc) is 2.86. The van der Waals surface area contributed by atoms with E-state index in [2.05, 4.69) is 66.4 Å². The largest absolute Gasteiger partial charge is 0.378 e. The van der Waals surface area contributed by atoms with Gasteiger partial charge in [0.1, 0.15) is 0 Å². The molecule has 3 aromatic rings. The Labute approximate surface area is 111 Å². The lowest BCUT2D eigenvalue weighted by atomic mass is 10.1. The molecular weight excluding hydrogens is 240 g/mol. The number of hydrogen-bond acceptors (Lipinski definition) is 3. The monoisotopic (exact) mass is 254 g/mol. The van der Waals surface area contributed by atoms with Gasteiger partial charge in [0, 0.05) is 19.8 Å². The number of rotatable bonds is 2. The van der Waals surface area contributed by atoms with Crippen LogP contribution in [0.2, 0.25) is 0 Å². The summed E-state index contributed by atoms with van der Waals surface area (Å²) in [5.41, 5.74) is 6.64. The van der Waals surface area contributed by atoms with Crippen molar-refractivity contribution in [1.82, 2.24) is 4.98 Å². The normalized spacial score (nSPS) is 10.8. The van der Waals surface area contributed by atoms with Gasteiger partial charge in [-0.15, -0.1) is 11.3 Å². The smallest absolute Gasteiger partial charge is 0.0818 e. The summed E-state index contributed by atoms with van der Waals surface area (Å²) in [6.07, 6.45) is 0. The Morgan fingerprint density at radius 2 is 1.67 bits per heavy atom. The molecule has 0 unspecified atom stereocenters. The molecule has 0 aliphatic heterocycles. The zero-order chi connectivity index (χ0) is 12.5. The van der Waals surface area contributed by atoms with Crippen LogP contribution in [0, 0.1) is 0 Å². The molecule has 0 fully saturated rings. The molecule has 0 N–H and O–H groups in total. The quantitative estimate of drug-likeness (QED) is 0.686. The van der Waals surface area contributed by atoms with Gasteiger partial charge in [-0.05, 0) is 35.4 Å². The van der Waals surface area contributed by atoms with Crippen LogP contribution >= 0.6 is 11.3 Å². The Morgan fingerprint density at radius 1 is 0.944 bits per heavy atom. The molecule has 0 spiro atoms. The minimum Gasteiger partial charge on any atom is -0.378 e. The van der Waals surface area contributed by atoms with Crippen LogP contribution in [0.5, 0.6) is 0 Å². The molecule has 3 heteroatoms. The average molecular weight is 254 g/mol. The highest BCUT2D eigenvalue weighted by molar-refractivity contribution is 7.16. The molecule has 0 atom stereocenters. The number of nitrogens with zero attached hydrogens (tertiary/aromatic N) is 2. The van der Waals surface area contributed by atoms with Crippen molar-refractivity contribution >= 4 is 27.2 Å². The molecule has 0 aliphatic rings. The first-order valence-electron chi connectivity index (χ1n) is 5.85. The Kier molecular flexibility index (Phi) is 2.76. The van der Waals surface area contributed by atoms with Gasteiger partial charge in [-0.25, -0.2) is 4.98 Å². The highest BCUT2D eigenvalue weighted by Crippen LogP contribution is 2.27. The first-order valence-corrected chi connectivity index (χ1v) is 6.73. The number of hydrogen-bond donors (Lipinski definition) is 0. The van der Waals surface area contributed by atoms with Gasteiger partial charge in [0.2, 0.25) is 0 Å². The summed E-state index contributed by atoms with van der Waals surface area (Å²) in [6, 6.07) is 15.0. The minimum absolute atomic E-state index is 1.08. The van der Waals surface area contributed by atoms with Gasteiger partial charge in [-0.2, -0.15) is 0 Å². The molecule has 1 heterocycles. The van der Waals surface area contributed by atoms with Crippen molar-refractivity contribution in [2.45, 2.75) is 0 Å². The standard InChI is InChI=1S/C15H14N2S/c1-17(2)13-6-3-11(4-7-13)12-5-8-15-14(9-12)16-10-18-15/h3-10H,1-2H3. The van der Waals surface area contributed by atoms with Crippen molar-refractivity contribution in [3.63, 3.8) is 0 Å². The van der Waals surface area contributed by atoms with E-state index >= 15 is 0 Å². The van der Waals surface area contributed by atoms with Crippen LogP contribution in [0.25, 0.3) is 21.3 Å². The van der Waals surface area contributed by atoms with Gasteiger partial charge in [-0.1, -0.05) is 18.2 Å². The first-order chi connectivity index (χ1) is 8.74. The third-order valence-corrected chi connectivity index (χ3v) is 3.86. The van der Waals surface area contributed by atoms with E-state index in [4.69, 9.17) is 0 Å². The second-order valence-corrected chi connectivity index (χ2v) is 5.36. The zero-order valence-electron chi connectivity index (χ0n) is 10.4. The maximum absolute atomic E-state index is 4.36. The SMILES string of the molecule is CN(C)c1ccc(-c2ccc3scnc3c2)cc1. The van der Waals surface area contributed by atoms with E-state index in [1.807, 2.05) is 5.51 Å². The number of aromatic nitrogens is 1. The maximum atomic E-state index is 4.36. The summed E-state index contributed by atoms with van der Waals surface area (Å²) in [5, 5.41) is 0. The zero-order valence-corrected chi connectivity index (χ0v) is 11.2. The maximum Gasteiger partial charge on any atom is 0.0818 e. The van der Waals surface area contributed by atoms with Crippen molar-refractivity contribution in [3.8, 4) is 11.1 Å². The van der Waals surface area contributed by atoms with Crippen LogP contribution in [0.3, 0.4) is 0 Å². The first kappa shape index (κ1) is 11.2. The van der Waals surface area contributed by atoms with E-state index in [1.54, 1.807) is 11.3 Å². The second kappa shape index (κ2) is 4.42. The van der Waals surface area contributed by atoms with E-state index in [1.165, 1.54) is 21.5 Å². The van der Waals surface area contributed by atoms with Crippen LogP contribution in [0.4, 0.5) is 5.69 Å². The molecule has 0 saturated heterocycles. The predicted octanol–water partition coefficient (Wildman–Crippen LogP) is 4.03. The van der Waals surface area contributed by atoms with E-state index in [9.17, 15) is 0 Å². The lowest BCUT2D eigenvalue weighted by Gasteiger charge is -2.12. The third-order valence-electron chi connectivity index (χ3n) is 3.05. The van der Waals surface area contributed by atoms with E-state index in [-0.39, 0.29) is 0 Å². The van der Waals surface area contributed by atoms with Crippen molar-refractivity contribution in [1.29, 1.82) is 0 Å². The summed E-state index contributed by atoms with van der Waals surface area (Å²) in [4.78, 5) is 6.47. The Bertz CT molecular complexity index is 668. The lowest BCUT2D eigenvalue weighted by Crippen LogP contribution is -2.07. The van der Waals surface area contributed by atoms with Crippen LogP contribution < -0.4 is 4.90 Å². The fourth-order valence-electron chi connectivity index (χ4n) is 1.99. The van der Waals surface area contributed by atoms with Gasteiger partial charge >= 0.3 is 0 Å². The highest BCUT2D eigenvalue weighted by Gasteiger charge is 2.02. The molecule has 0 bridgehead atoms. The number of benzene rings is 2. The van der Waals surface area contributed by atoms with Crippen molar-refractivity contribution in [3.05, 3.63) is 48.0 Å². The van der Waals surface area contributed by atoms with Crippen molar-refractivity contribution in [2.24, 2.45) is 0 Å². The van der Waals surface area contributed by atoms with E-state index < -0.39 is 0 Å². The van der Waals surface area contributed by atoms with Gasteiger partial charge in [0.25, 0.3) is 0 Å². The Balaban J connectivity index is 2.02.